The van der Waals surface area contributed by atoms with E-state index in [9.17, 15) is 0 Å². The Morgan fingerprint density at radius 2 is 1.00 bits per heavy atom. The van der Waals surface area contributed by atoms with Gasteiger partial charge in [-0.15, -0.1) is 0 Å². The van der Waals surface area contributed by atoms with Crippen LogP contribution in [0.2, 0.25) is 0 Å². The van der Waals surface area contributed by atoms with Crippen molar-refractivity contribution in [3.63, 3.8) is 0 Å². The van der Waals surface area contributed by atoms with Crippen LogP contribution in [0.1, 0.15) is 0 Å². The molecule has 0 N–H and O–H groups in total. The van der Waals surface area contributed by atoms with Crippen molar-refractivity contribution >= 4 is 112 Å². The van der Waals surface area contributed by atoms with Crippen molar-refractivity contribution in [2.45, 2.75) is 8.61 Å². The van der Waals surface area contributed by atoms with Gasteiger partial charge in [-0.1, -0.05) is 112 Å². The lowest BCUT2D eigenvalue weighted by Crippen LogP contribution is -2.42. The summed E-state index contributed by atoms with van der Waals surface area (Å²) in [5.74, 6) is 0. The molecule has 0 saturated heterocycles. The maximum Gasteiger partial charge on any atom is 0.162 e. The van der Waals surface area contributed by atoms with Crippen LogP contribution < -0.4 is 0 Å². The van der Waals surface area contributed by atoms with Crippen molar-refractivity contribution < 1.29 is 0 Å². The Kier molecular flexibility index (Phi) is 5.84. The third-order valence-corrected chi connectivity index (χ3v) is 11.7. The van der Waals surface area contributed by atoms with Crippen LogP contribution in [0.25, 0.3) is 0 Å². The van der Waals surface area contributed by atoms with E-state index in [0.717, 1.165) is 0 Å². The topological polar surface area (TPSA) is 0 Å². The van der Waals surface area contributed by atoms with Gasteiger partial charge in [-0.2, -0.15) is 0 Å². The van der Waals surface area contributed by atoms with Gasteiger partial charge < -0.3 is 0 Å². The first-order valence-electron chi connectivity index (χ1n) is 2.18. The zero-order chi connectivity index (χ0) is 9.50. The third kappa shape index (κ3) is 3.78. The number of hydrogen-bond acceptors (Lipinski definition) is 0. The highest BCUT2D eigenvalue weighted by atomic mass is 80.0. The summed E-state index contributed by atoms with van der Waals surface area (Å²) in [6.07, 6.45) is 0. The summed E-state index contributed by atoms with van der Waals surface area (Å²) in [6.45, 7) is 3.86. The summed E-state index contributed by atoms with van der Waals surface area (Å²) in [5, 5.41) is 0. The highest BCUT2D eigenvalue weighted by Crippen LogP contribution is 2.61. The summed E-state index contributed by atoms with van der Waals surface area (Å²) in [4.78, 5) is 0. The minimum Gasteiger partial charge on any atom is -0.0701 e. The molecule has 67 valence electrons. The molecule has 0 aromatic rings. The molecule has 0 amide bonds. The Balaban J connectivity index is 4.75. The zero-order valence-electron chi connectivity index (χ0n) is 4.85. The minimum atomic E-state index is -0.552. The molecule has 0 unspecified atom stereocenters. The predicted octanol–water partition coefficient (Wildman–Crippen LogP) is 5.63. The largest absolute Gasteiger partial charge is 0.162 e. The molecular weight excluding hydrogens is 607 g/mol. The summed E-state index contributed by atoms with van der Waals surface area (Å²) < 4.78 is -1.59. The molecule has 0 aliphatic carbocycles. The first-order chi connectivity index (χ1) is 4.50. The molecule has 0 aliphatic rings. The molecule has 7 heteroatoms. The van der Waals surface area contributed by atoms with Crippen LogP contribution in [-0.2, 0) is 0 Å². The number of rotatable bonds is 1. The SMILES string of the molecule is [CH2]C(Br)(Br)C(Br)(Br)C(Br)(Br)Br. The number of halogens is 7. The van der Waals surface area contributed by atoms with Gasteiger partial charge in [-0.25, -0.2) is 0 Å². The quantitative estimate of drug-likeness (QED) is 0.339. The van der Waals surface area contributed by atoms with Gasteiger partial charge in [0.05, 0.1) is 0 Å². The molecule has 0 rings (SSSR count). The van der Waals surface area contributed by atoms with Crippen LogP contribution in [0.3, 0.4) is 0 Å². The van der Waals surface area contributed by atoms with Gasteiger partial charge in [0.1, 0.15) is 6.47 Å². The highest BCUT2D eigenvalue weighted by Gasteiger charge is 2.54. The van der Waals surface area contributed by atoms with Gasteiger partial charge in [0.15, 0.2) is 2.14 Å². The second-order valence-corrected chi connectivity index (χ2v) is 15.8. The van der Waals surface area contributed by atoms with Gasteiger partial charge in [0.2, 0.25) is 0 Å². The maximum atomic E-state index is 3.86. The molecule has 0 spiro atoms. The van der Waals surface area contributed by atoms with Crippen LogP contribution in [0.15, 0.2) is 0 Å². The fourth-order valence-electron chi connectivity index (χ4n) is 0.207. The van der Waals surface area contributed by atoms with Crippen molar-refractivity contribution in [3.8, 4) is 0 Å². The number of hydrogen-bond donors (Lipinski definition) is 0. The number of alkyl halides is 7. The van der Waals surface area contributed by atoms with Crippen molar-refractivity contribution in [3.05, 3.63) is 6.92 Å². The lowest BCUT2D eigenvalue weighted by atomic mass is 10.4. The standard InChI is InChI=1S/C4H2Br7/c1-2(5,6)3(7,8)4(9,10)11/h1H2. The molecule has 1 radical (unpaired) electrons. The lowest BCUT2D eigenvalue weighted by molar-refractivity contribution is 0.913. The Bertz CT molecular complexity index is 122. The van der Waals surface area contributed by atoms with E-state index in [1.807, 2.05) is 0 Å². The van der Waals surface area contributed by atoms with E-state index in [4.69, 9.17) is 0 Å². The first kappa shape index (κ1) is 14.4. The molecule has 0 aliphatic heterocycles. The summed E-state index contributed by atoms with van der Waals surface area (Å²) in [6, 6.07) is 0. The average Bonchev–Trinajstić information content (AvgIpc) is 1.58. The second kappa shape index (κ2) is 4.47. The lowest BCUT2D eigenvalue weighted by Gasteiger charge is -2.37. The molecule has 0 aromatic carbocycles. The Hall–Kier alpha value is 3.36. The zero-order valence-corrected chi connectivity index (χ0v) is 16.0. The van der Waals surface area contributed by atoms with E-state index >= 15 is 0 Å². The summed E-state index contributed by atoms with van der Waals surface area (Å²) in [5.41, 5.74) is 0. The molecule has 0 bridgehead atoms. The molecule has 0 heterocycles. The summed E-state index contributed by atoms with van der Waals surface area (Å²) >= 11 is 23.7. The normalized spacial score (nSPS) is 15.3. The van der Waals surface area contributed by atoms with Crippen LogP contribution >= 0.6 is 112 Å². The second-order valence-electron chi connectivity index (χ2n) is 1.78. The van der Waals surface area contributed by atoms with E-state index in [0.29, 0.717) is 0 Å². The molecule has 0 aromatic heterocycles. The van der Waals surface area contributed by atoms with E-state index < -0.39 is 8.61 Å². The fourth-order valence-corrected chi connectivity index (χ4v) is 3.41. The average molecular weight is 609 g/mol. The highest BCUT2D eigenvalue weighted by molar-refractivity contribution is 9.42. The van der Waals surface area contributed by atoms with Crippen molar-refractivity contribution in [1.82, 2.24) is 0 Å². The van der Waals surface area contributed by atoms with Gasteiger partial charge in [0, 0.05) is 0 Å². The van der Waals surface area contributed by atoms with Crippen LogP contribution in [0.4, 0.5) is 0 Å². The van der Waals surface area contributed by atoms with Gasteiger partial charge >= 0.3 is 0 Å². The van der Waals surface area contributed by atoms with Crippen LogP contribution in [0, 0.1) is 6.92 Å². The minimum absolute atomic E-state index is 0.505. The van der Waals surface area contributed by atoms with Crippen LogP contribution in [0.5, 0.6) is 0 Å². The molecule has 0 atom stereocenters. The van der Waals surface area contributed by atoms with Gasteiger partial charge in [-0.05, 0) is 6.92 Å². The fraction of sp³-hybridized carbons (Fsp3) is 0.750. The Morgan fingerprint density at radius 1 is 0.727 bits per heavy atom. The van der Waals surface area contributed by atoms with Gasteiger partial charge in [-0.3, -0.25) is 0 Å². The Morgan fingerprint density at radius 3 is 1.00 bits per heavy atom. The van der Waals surface area contributed by atoms with Crippen molar-refractivity contribution in [2.24, 2.45) is 0 Å². The van der Waals surface area contributed by atoms with E-state index in [-0.39, 0.29) is 0 Å². The summed E-state index contributed by atoms with van der Waals surface area (Å²) in [7, 11) is 0. The van der Waals surface area contributed by atoms with Gasteiger partial charge in [0.25, 0.3) is 0 Å². The van der Waals surface area contributed by atoms with E-state index in [2.05, 4.69) is 118 Å². The smallest absolute Gasteiger partial charge is 0.0701 e. The molecule has 0 nitrogen and oxygen atoms in total. The van der Waals surface area contributed by atoms with Crippen molar-refractivity contribution in [2.75, 3.05) is 0 Å². The first-order valence-corrected chi connectivity index (χ1v) is 7.73. The monoisotopic (exact) mass is 602 g/mol. The molecule has 0 saturated carbocycles. The Labute approximate surface area is 125 Å². The molecule has 0 fully saturated rings. The predicted molar refractivity (Wildman–Crippen MR) is 76.0 cm³/mol. The molecular formula is C4H2Br7. The van der Waals surface area contributed by atoms with E-state index in [1.54, 1.807) is 0 Å². The molecule has 11 heavy (non-hydrogen) atoms. The third-order valence-electron chi connectivity index (χ3n) is 0.815. The van der Waals surface area contributed by atoms with Crippen LogP contribution in [-0.4, -0.2) is 8.61 Å². The van der Waals surface area contributed by atoms with E-state index in [1.165, 1.54) is 0 Å². The maximum absolute atomic E-state index is 3.86. The van der Waals surface area contributed by atoms with Crippen molar-refractivity contribution in [1.29, 1.82) is 0 Å².